The summed E-state index contributed by atoms with van der Waals surface area (Å²) >= 11 is 0. The maximum atomic E-state index is 14.5. The molecule has 3 aliphatic rings. The molecule has 4 heterocycles. The van der Waals surface area contributed by atoms with Gasteiger partial charge in [-0.05, 0) is 55.8 Å². The fourth-order valence-electron chi connectivity index (χ4n) is 7.17. The van der Waals surface area contributed by atoms with Crippen LogP contribution in [-0.2, 0) is 28.5 Å². The van der Waals surface area contributed by atoms with Crippen molar-refractivity contribution in [2.75, 3.05) is 6.61 Å². The lowest BCUT2D eigenvalue weighted by Crippen LogP contribution is -2.64. The Balaban J connectivity index is 1.26. The third kappa shape index (κ3) is 9.44. The van der Waals surface area contributed by atoms with Crippen molar-refractivity contribution in [1.82, 2.24) is 0 Å². The van der Waals surface area contributed by atoms with E-state index in [0.29, 0.717) is 5.56 Å². The zero-order valence-corrected chi connectivity index (χ0v) is 33.7. The van der Waals surface area contributed by atoms with E-state index in [1.54, 1.807) is 0 Å². The first-order chi connectivity index (χ1) is 30.3. The molecule has 1 aromatic heterocycles. The summed E-state index contributed by atoms with van der Waals surface area (Å²) in [6.07, 6.45) is -23.1. The summed E-state index contributed by atoms with van der Waals surface area (Å²) in [5.41, 5.74) is -1.20. The molecule has 7 rings (SSSR count). The summed E-state index contributed by atoms with van der Waals surface area (Å²) in [6, 6.07) is 11.0. The van der Waals surface area contributed by atoms with Gasteiger partial charge in [-0.2, -0.15) is 0 Å². The molecule has 22 nitrogen and oxygen atoms in total. The molecule has 0 radical (unpaired) electrons. The van der Waals surface area contributed by atoms with Gasteiger partial charge in [0.1, 0.15) is 89.8 Å². The van der Waals surface area contributed by atoms with E-state index in [0.717, 1.165) is 30.3 Å². The van der Waals surface area contributed by atoms with Gasteiger partial charge in [-0.3, -0.25) is 4.79 Å². The zero-order valence-electron chi connectivity index (χ0n) is 33.7. The highest BCUT2D eigenvalue weighted by Gasteiger charge is 2.52. The second-order valence-electron chi connectivity index (χ2n) is 15.4. The average molecular weight is 903 g/mol. The van der Waals surface area contributed by atoms with Crippen molar-refractivity contribution in [3.63, 3.8) is 0 Å². The molecule has 3 saturated heterocycles. The molecule has 0 amide bonds. The second kappa shape index (κ2) is 18.9. The van der Waals surface area contributed by atoms with Gasteiger partial charge in [-0.25, -0.2) is 4.79 Å². The topological polar surface area (TPSA) is 355 Å². The van der Waals surface area contributed by atoms with Crippen LogP contribution in [0.5, 0.6) is 34.5 Å². The number of phenolic OH excluding ortho intramolecular Hbond substituents is 4. The first kappa shape index (κ1) is 46.4. The highest BCUT2D eigenvalue weighted by Crippen LogP contribution is 2.41. The molecule has 346 valence electrons. The Labute approximate surface area is 361 Å². The predicted molar refractivity (Wildman–Crippen MR) is 213 cm³/mol. The number of aliphatic hydroxyl groups excluding tert-OH is 8. The van der Waals surface area contributed by atoms with Gasteiger partial charge in [0.2, 0.25) is 23.8 Å². The molecule has 0 bridgehead atoms. The maximum absolute atomic E-state index is 14.5. The van der Waals surface area contributed by atoms with Gasteiger partial charge >= 0.3 is 5.97 Å². The molecule has 12 N–H and O–H groups in total. The van der Waals surface area contributed by atoms with Gasteiger partial charge < -0.3 is 98.9 Å². The van der Waals surface area contributed by atoms with Gasteiger partial charge in [0, 0.05) is 23.8 Å². The SMILES string of the molecule is CC1O[C@@H](Oc2cc(O)c3c(=O)c(O[C@@H]4OC(COC(=O)/C=C/c5ccc(O)cc5)[C@@H](O)C(O)[C@@H]4O[C@@H]4OC(C)[C@H](O)C(O)[C@@H]4O)c(-c4ccc(O)c(O)c4)oc3c2)[C@@H](O)C(O)[C@H]1O. The van der Waals surface area contributed by atoms with Crippen LogP contribution in [0.4, 0.5) is 0 Å². The molecule has 3 aliphatic heterocycles. The van der Waals surface area contributed by atoms with E-state index in [1.807, 2.05) is 0 Å². The van der Waals surface area contributed by atoms with Gasteiger partial charge in [-0.15, -0.1) is 0 Å². The number of esters is 1. The normalized spacial score (nSPS) is 33.2. The number of hydrogen-bond acceptors (Lipinski definition) is 22. The van der Waals surface area contributed by atoms with Crippen LogP contribution in [0.1, 0.15) is 19.4 Å². The highest BCUT2D eigenvalue weighted by atomic mass is 16.8. The lowest BCUT2D eigenvalue weighted by atomic mass is 9.97. The van der Waals surface area contributed by atoms with Crippen molar-refractivity contribution in [1.29, 1.82) is 0 Å². The molecule has 6 unspecified atom stereocenters. The van der Waals surface area contributed by atoms with E-state index in [4.69, 9.17) is 37.6 Å². The number of hydrogen-bond donors (Lipinski definition) is 12. The molecule has 64 heavy (non-hydrogen) atoms. The number of carbonyl (C=O) groups excluding carboxylic acids is 1. The molecule has 3 aromatic carbocycles. The Morgan fingerprint density at radius 3 is 1.95 bits per heavy atom. The summed E-state index contributed by atoms with van der Waals surface area (Å²) < 4.78 is 46.0. The molecule has 0 spiro atoms. The summed E-state index contributed by atoms with van der Waals surface area (Å²) in [5, 5.41) is 126. The Kier molecular flexibility index (Phi) is 13.7. The van der Waals surface area contributed by atoms with Crippen LogP contribution >= 0.6 is 0 Å². The molecular formula is C42H46O22. The van der Waals surface area contributed by atoms with Crippen molar-refractivity contribution >= 4 is 23.0 Å². The van der Waals surface area contributed by atoms with E-state index in [-0.39, 0.29) is 17.1 Å². The summed E-state index contributed by atoms with van der Waals surface area (Å²) in [4.78, 5) is 27.2. The number of aliphatic hydroxyl groups is 8. The maximum Gasteiger partial charge on any atom is 0.330 e. The Hall–Kier alpha value is -5.60. The lowest BCUT2D eigenvalue weighted by molar-refractivity contribution is -0.354. The number of fused-ring (bicyclic) bond motifs is 1. The number of carbonyl (C=O) groups is 1. The smallest absolute Gasteiger partial charge is 0.330 e. The van der Waals surface area contributed by atoms with E-state index >= 15 is 0 Å². The quantitative estimate of drug-likeness (QED) is 0.0477. The van der Waals surface area contributed by atoms with Gasteiger partial charge in [-0.1, -0.05) is 12.1 Å². The highest BCUT2D eigenvalue weighted by molar-refractivity contribution is 5.89. The zero-order chi connectivity index (χ0) is 46.3. The van der Waals surface area contributed by atoms with Crippen LogP contribution in [0, 0.1) is 0 Å². The average Bonchev–Trinajstić information content (AvgIpc) is 3.26. The van der Waals surface area contributed by atoms with E-state index in [1.165, 1.54) is 50.3 Å². The van der Waals surface area contributed by atoms with Crippen LogP contribution in [0.15, 0.2) is 69.9 Å². The van der Waals surface area contributed by atoms with E-state index in [2.05, 4.69) is 0 Å². The van der Waals surface area contributed by atoms with Crippen molar-refractivity contribution in [2.45, 2.75) is 106 Å². The number of aromatic hydroxyl groups is 4. The minimum atomic E-state index is -2.08. The largest absolute Gasteiger partial charge is 0.508 e. The van der Waals surface area contributed by atoms with Gasteiger partial charge in [0.05, 0.1) is 12.2 Å². The van der Waals surface area contributed by atoms with Crippen LogP contribution in [0.2, 0.25) is 0 Å². The minimum absolute atomic E-state index is 0.00868. The van der Waals surface area contributed by atoms with Crippen LogP contribution in [-0.4, -0.2) is 166 Å². The summed E-state index contributed by atoms with van der Waals surface area (Å²) in [5.74, 6) is -4.65. The van der Waals surface area contributed by atoms with Crippen molar-refractivity contribution in [3.05, 3.63) is 76.5 Å². The monoisotopic (exact) mass is 902 g/mol. The fourth-order valence-corrected chi connectivity index (χ4v) is 7.17. The third-order valence-corrected chi connectivity index (χ3v) is 10.9. The van der Waals surface area contributed by atoms with Gasteiger partial charge in [0.15, 0.2) is 29.7 Å². The number of phenols is 4. The Morgan fingerprint density at radius 2 is 1.30 bits per heavy atom. The van der Waals surface area contributed by atoms with Crippen LogP contribution < -0.4 is 14.9 Å². The van der Waals surface area contributed by atoms with Crippen molar-refractivity contribution in [3.8, 4) is 45.8 Å². The van der Waals surface area contributed by atoms with Crippen molar-refractivity contribution < 1.29 is 104 Å². The molecule has 0 aliphatic carbocycles. The molecular weight excluding hydrogens is 856 g/mol. The van der Waals surface area contributed by atoms with E-state index < -0.39 is 150 Å². The van der Waals surface area contributed by atoms with E-state index in [9.17, 15) is 70.9 Å². The summed E-state index contributed by atoms with van der Waals surface area (Å²) in [7, 11) is 0. The third-order valence-electron chi connectivity index (χ3n) is 10.9. The first-order valence-corrected chi connectivity index (χ1v) is 19.7. The number of rotatable bonds is 11. The molecule has 15 atom stereocenters. The standard InChI is InChI=1S/C42H46O22/c1-15-28(48)32(52)35(55)40(58-15)60-20-12-23(46)27-24(13-20)61-37(18-6-9-21(44)22(45)11-18)38(31(27)51)63-42-39(64-41-36(56)33(53)29(49)16(2)59-41)34(54)30(50)25(62-42)14-57-26(47)10-5-17-3-7-19(43)8-4-17/h3-13,15-16,25,28-30,32-36,39-46,48-50,52-56H,14H2,1-2H3/b10-5+/t15?,16?,25?,28-,29-,30+,32?,33?,34?,35-,36-,39-,40-,41-,42-/m0/s1. The first-order valence-electron chi connectivity index (χ1n) is 19.7. The molecule has 4 aromatic rings. The molecule has 0 saturated carbocycles. The fraction of sp³-hybridized carbons (Fsp3) is 0.429. The summed E-state index contributed by atoms with van der Waals surface area (Å²) in [6.45, 7) is 2.00. The Morgan fingerprint density at radius 1 is 0.656 bits per heavy atom. The van der Waals surface area contributed by atoms with Crippen molar-refractivity contribution in [2.24, 2.45) is 0 Å². The second-order valence-corrected chi connectivity index (χ2v) is 15.4. The van der Waals surface area contributed by atoms with Crippen LogP contribution in [0.3, 0.4) is 0 Å². The minimum Gasteiger partial charge on any atom is -0.508 e. The van der Waals surface area contributed by atoms with Crippen LogP contribution in [0.25, 0.3) is 28.4 Å². The molecule has 3 fully saturated rings. The predicted octanol–water partition coefficient (Wildman–Crippen LogP) is -1.22. The Bertz CT molecular complexity index is 2390. The molecule has 22 heteroatoms. The lowest BCUT2D eigenvalue weighted by Gasteiger charge is -2.45. The number of benzene rings is 3. The van der Waals surface area contributed by atoms with Gasteiger partial charge in [0.25, 0.3) is 0 Å². The number of ether oxygens (including phenoxy) is 7.